The Morgan fingerprint density at radius 3 is 2.45 bits per heavy atom. The standard InChI is InChI=1S/C28H34N2O/c1-4-5-7-13-22(2)27(24-14-8-6-9-15-24)21-30(3)28(31)29-20-25-18-12-17-23-16-10-11-19-26(23)25/h6,8-12,14-19,27H,2,4-5,7,13,20-21H2,1,3H3,(H,29,31). The highest BCUT2D eigenvalue weighted by Gasteiger charge is 2.20. The fourth-order valence-corrected chi connectivity index (χ4v) is 4.04. The highest BCUT2D eigenvalue weighted by molar-refractivity contribution is 5.86. The van der Waals surface area contributed by atoms with Crippen LogP contribution in [0.1, 0.15) is 49.7 Å². The number of nitrogens with zero attached hydrogens (tertiary/aromatic N) is 1. The van der Waals surface area contributed by atoms with Crippen molar-refractivity contribution in [3.63, 3.8) is 0 Å². The number of benzene rings is 3. The summed E-state index contributed by atoms with van der Waals surface area (Å²) in [5, 5.41) is 5.47. The van der Waals surface area contributed by atoms with Crippen molar-refractivity contribution < 1.29 is 4.79 Å². The summed E-state index contributed by atoms with van der Waals surface area (Å²) in [7, 11) is 1.87. The molecule has 0 saturated heterocycles. The van der Waals surface area contributed by atoms with Crippen LogP contribution < -0.4 is 5.32 Å². The number of fused-ring (bicyclic) bond motifs is 1. The number of urea groups is 1. The van der Waals surface area contributed by atoms with Gasteiger partial charge < -0.3 is 10.2 Å². The molecule has 2 amide bonds. The predicted molar refractivity (Wildman–Crippen MR) is 131 cm³/mol. The van der Waals surface area contributed by atoms with E-state index in [1.165, 1.54) is 34.8 Å². The fraction of sp³-hybridized carbons (Fsp3) is 0.321. The summed E-state index contributed by atoms with van der Waals surface area (Å²) in [6, 6.07) is 24.8. The van der Waals surface area contributed by atoms with Gasteiger partial charge in [0, 0.05) is 26.1 Å². The third kappa shape index (κ3) is 6.21. The number of hydrogen-bond acceptors (Lipinski definition) is 1. The Bertz CT molecular complexity index is 991. The lowest BCUT2D eigenvalue weighted by Crippen LogP contribution is -2.39. The van der Waals surface area contributed by atoms with Crippen molar-refractivity contribution in [2.24, 2.45) is 0 Å². The lowest BCUT2D eigenvalue weighted by atomic mass is 9.88. The second-order valence-corrected chi connectivity index (χ2v) is 8.26. The van der Waals surface area contributed by atoms with Crippen LogP contribution in [0, 0.1) is 0 Å². The maximum Gasteiger partial charge on any atom is 0.317 e. The van der Waals surface area contributed by atoms with Gasteiger partial charge in [0.2, 0.25) is 0 Å². The summed E-state index contributed by atoms with van der Waals surface area (Å²) < 4.78 is 0. The van der Waals surface area contributed by atoms with Gasteiger partial charge in [-0.1, -0.05) is 105 Å². The molecule has 0 aliphatic heterocycles. The number of carbonyl (C=O) groups excluding carboxylic acids is 1. The molecule has 0 radical (unpaired) electrons. The molecule has 3 heteroatoms. The van der Waals surface area contributed by atoms with Crippen molar-refractivity contribution in [3.05, 3.63) is 96.1 Å². The van der Waals surface area contributed by atoms with Gasteiger partial charge in [-0.15, -0.1) is 0 Å². The molecule has 3 rings (SSSR count). The van der Waals surface area contributed by atoms with Crippen LogP contribution in [0.15, 0.2) is 84.9 Å². The molecule has 162 valence electrons. The molecular weight excluding hydrogens is 380 g/mol. The number of rotatable bonds is 10. The van der Waals surface area contributed by atoms with Gasteiger partial charge in [0.15, 0.2) is 0 Å². The van der Waals surface area contributed by atoms with E-state index in [0.717, 1.165) is 18.4 Å². The first-order valence-corrected chi connectivity index (χ1v) is 11.3. The second kappa shape index (κ2) is 11.4. The quantitative estimate of drug-likeness (QED) is 0.284. The molecule has 0 bridgehead atoms. The van der Waals surface area contributed by atoms with E-state index in [9.17, 15) is 4.79 Å². The summed E-state index contributed by atoms with van der Waals surface area (Å²) >= 11 is 0. The Balaban J connectivity index is 1.65. The maximum atomic E-state index is 12.9. The van der Waals surface area contributed by atoms with E-state index in [1.54, 1.807) is 4.90 Å². The molecule has 3 nitrogen and oxygen atoms in total. The summed E-state index contributed by atoms with van der Waals surface area (Å²) in [5.74, 6) is 0.145. The maximum absolute atomic E-state index is 12.9. The van der Waals surface area contributed by atoms with E-state index in [1.807, 2.05) is 31.3 Å². The minimum Gasteiger partial charge on any atom is -0.334 e. The van der Waals surface area contributed by atoms with Crippen molar-refractivity contribution >= 4 is 16.8 Å². The summed E-state index contributed by atoms with van der Waals surface area (Å²) in [6.45, 7) is 7.73. The van der Waals surface area contributed by atoms with E-state index >= 15 is 0 Å². The van der Waals surface area contributed by atoms with Crippen LogP contribution in [0.25, 0.3) is 10.8 Å². The number of likely N-dealkylation sites (N-methyl/N-ethyl adjacent to an activating group) is 1. The normalized spacial score (nSPS) is 11.8. The Labute approximate surface area is 186 Å². The summed E-state index contributed by atoms with van der Waals surface area (Å²) in [5.41, 5.74) is 3.55. The van der Waals surface area contributed by atoms with Crippen LogP contribution in [0.4, 0.5) is 4.79 Å². The van der Waals surface area contributed by atoms with Gasteiger partial charge in [-0.3, -0.25) is 0 Å². The Morgan fingerprint density at radius 1 is 0.968 bits per heavy atom. The molecule has 0 saturated carbocycles. The summed E-state index contributed by atoms with van der Waals surface area (Å²) in [6.07, 6.45) is 4.55. The van der Waals surface area contributed by atoms with E-state index in [4.69, 9.17) is 0 Å². The molecule has 0 fully saturated rings. The van der Waals surface area contributed by atoms with Crippen LogP contribution in [0.5, 0.6) is 0 Å². The van der Waals surface area contributed by atoms with E-state index in [-0.39, 0.29) is 11.9 Å². The molecule has 3 aromatic carbocycles. The van der Waals surface area contributed by atoms with Crippen molar-refractivity contribution in [1.82, 2.24) is 10.2 Å². The number of nitrogens with one attached hydrogen (secondary N) is 1. The minimum absolute atomic E-state index is 0.0600. The van der Waals surface area contributed by atoms with Gasteiger partial charge in [0.1, 0.15) is 0 Å². The average molecular weight is 415 g/mol. The lowest BCUT2D eigenvalue weighted by Gasteiger charge is -2.27. The van der Waals surface area contributed by atoms with Gasteiger partial charge >= 0.3 is 6.03 Å². The van der Waals surface area contributed by atoms with Crippen molar-refractivity contribution in [1.29, 1.82) is 0 Å². The Morgan fingerprint density at radius 2 is 1.68 bits per heavy atom. The van der Waals surface area contributed by atoms with Crippen LogP contribution in [0.3, 0.4) is 0 Å². The van der Waals surface area contributed by atoms with E-state index in [2.05, 4.69) is 67.4 Å². The number of hydrogen-bond donors (Lipinski definition) is 1. The number of amides is 2. The Hall–Kier alpha value is -3.07. The molecule has 3 aromatic rings. The third-order valence-electron chi connectivity index (χ3n) is 5.91. The van der Waals surface area contributed by atoms with Crippen LogP contribution in [-0.4, -0.2) is 24.5 Å². The Kier molecular flexibility index (Phi) is 8.28. The minimum atomic E-state index is -0.0600. The first-order valence-electron chi connectivity index (χ1n) is 11.3. The van der Waals surface area contributed by atoms with Gasteiger partial charge in [-0.05, 0) is 34.7 Å². The predicted octanol–water partition coefficient (Wildman–Crippen LogP) is 6.90. The summed E-state index contributed by atoms with van der Waals surface area (Å²) in [4.78, 5) is 14.7. The average Bonchev–Trinajstić information content (AvgIpc) is 2.81. The van der Waals surface area contributed by atoms with Gasteiger partial charge in [-0.25, -0.2) is 4.79 Å². The van der Waals surface area contributed by atoms with Crippen LogP contribution in [0.2, 0.25) is 0 Å². The molecular formula is C28H34N2O. The zero-order valence-corrected chi connectivity index (χ0v) is 18.8. The van der Waals surface area contributed by atoms with E-state index in [0.29, 0.717) is 13.1 Å². The number of unbranched alkanes of at least 4 members (excludes halogenated alkanes) is 2. The molecule has 1 N–H and O–H groups in total. The highest BCUT2D eigenvalue weighted by atomic mass is 16.2. The smallest absolute Gasteiger partial charge is 0.317 e. The molecule has 0 aliphatic rings. The van der Waals surface area contributed by atoms with Crippen molar-refractivity contribution in [3.8, 4) is 0 Å². The molecule has 0 heterocycles. The van der Waals surface area contributed by atoms with Gasteiger partial charge in [0.25, 0.3) is 0 Å². The van der Waals surface area contributed by atoms with Gasteiger partial charge in [0.05, 0.1) is 0 Å². The monoisotopic (exact) mass is 414 g/mol. The third-order valence-corrected chi connectivity index (χ3v) is 5.91. The topological polar surface area (TPSA) is 32.3 Å². The SMILES string of the molecule is C=C(CCCCC)C(CN(C)C(=O)NCc1cccc2ccccc12)c1ccccc1. The van der Waals surface area contributed by atoms with Crippen molar-refractivity contribution in [2.45, 2.75) is 45.1 Å². The lowest BCUT2D eigenvalue weighted by molar-refractivity contribution is 0.206. The van der Waals surface area contributed by atoms with Crippen molar-refractivity contribution in [2.75, 3.05) is 13.6 Å². The number of carbonyl (C=O) groups is 1. The van der Waals surface area contributed by atoms with Gasteiger partial charge in [-0.2, -0.15) is 0 Å². The molecule has 31 heavy (non-hydrogen) atoms. The first kappa shape index (κ1) is 22.6. The second-order valence-electron chi connectivity index (χ2n) is 8.26. The largest absolute Gasteiger partial charge is 0.334 e. The van der Waals surface area contributed by atoms with E-state index < -0.39 is 0 Å². The zero-order chi connectivity index (χ0) is 22.1. The molecule has 1 unspecified atom stereocenters. The molecule has 0 aliphatic carbocycles. The van der Waals surface area contributed by atoms with Crippen LogP contribution in [-0.2, 0) is 6.54 Å². The highest BCUT2D eigenvalue weighted by Crippen LogP contribution is 2.28. The molecule has 0 aromatic heterocycles. The molecule has 0 spiro atoms. The molecule has 1 atom stereocenters. The fourth-order valence-electron chi connectivity index (χ4n) is 4.04. The zero-order valence-electron chi connectivity index (χ0n) is 18.8. The first-order chi connectivity index (χ1) is 15.1. The van der Waals surface area contributed by atoms with Crippen LogP contribution >= 0.6 is 0 Å².